The smallest absolute Gasteiger partial charge is 0.272 e. The number of H-pyrrole nitrogens is 1. The van der Waals surface area contributed by atoms with Crippen LogP contribution in [-0.2, 0) is 23.1 Å². The number of hydrogen-bond acceptors (Lipinski definition) is 3. The summed E-state index contributed by atoms with van der Waals surface area (Å²) in [5, 5.41) is 1.92. The van der Waals surface area contributed by atoms with Crippen LogP contribution in [0.5, 0.6) is 0 Å². The first-order chi connectivity index (χ1) is 18.4. The molecule has 1 N–H and O–H groups in total. The van der Waals surface area contributed by atoms with Crippen molar-refractivity contribution in [2.75, 3.05) is 24.7 Å². The van der Waals surface area contributed by atoms with Crippen molar-refractivity contribution in [1.82, 2.24) is 14.1 Å². The Morgan fingerprint density at radius 2 is 1.87 bits per heavy atom. The van der Waals surface area contributed by atoms with Crippen LogP contribution < -0.4 is 10.5 Å². The van der Waals surface area contributed by atoms with Crippen LogP contribution in [-0.4, -0.2) is 39.8 Å². The Bertz CT molecular complexity index is 1730. The Hall–Kier alpha value is -4.10. The Morgan fingerprint density at radius 3 is 2.55 bits per heavy atom. The van der Waals surface area contributed by atoms with Gasteiger partial charge in [-0.15, -0.1) is 0 Å². The number of aryl methyl sites for hydroxylation is 3. The summed E-state index contributed by atoms with van der Waals surface area (Å²) in [5.41, 5.74) is 8.20. The van der Waals surface area contributed by atoms with Crippen molar-refractivity contribution < 1.29 is 9.53 Å². The van der Waals surface area contributed by atoms with Gasteiger partial charge in [0.2, 0.25) is 5.91 Å². The van der Waals surface area contributed by atoms with E-state index in [1.165, 1.54) is 16.7 Å². The third-order valence-electron chi connectivity index (χ3n) is 7.91. The third kappa shape index (κ3) is 3.85. The zero-order chi connectivity index (χ0) is 26.6. The van der Waals surface area contributed by atoms with E-state index in [4.69, 9.17) is 4.74 Å². The first-order valence-corrected chi connectivity index (χ1v) is 13.1. The molecular formula is C31H32N4O3. The van der Waals surface area contributed by atoms with Crippen LogP contribution in [0.15, 0.2) is 65.8 Å². The van der Waals surface area contributed by atoms with Crippen LogP contribution in [0.3, 0.4) is 0 Å². The fourth-order valence-corrected chi connectivity index (χ4v) is 5.70. The molecule has 0 aliphatic carbocycles. The van der Waals surface area contributed by atoms with Crippen molar-refractivity contribution in [2.24, 2.45) is 13.0 Å². The second-order valence-electron chi connectivity index (χ2n) is 10.3. The predicted molar refractivity (Wildman–Crippen MR) is 152 cm³/mol. The Kier molecular flexibility index (Phi) is 5.95. The van der Waals surface area contributed by atoms with Gasteiger partial charge in [0.15, 0.2) is 0 Å². The highest BCUT2D eigenvalue weighted by Gasteiger charge is 2.32. The molecule has 38 heavy (non-hydrogen) atoms. The number of rotatable bonds is 6. The van der Waals surface area contributed by atoms with Gasteiger partial charge < -0.3 is 23.8 Å². The number of carbonyl (C=O) groups is 1. The second kappa shape index (κ2) is 9.33. The molecule has 1 aliphatic heterocycles. The van der Waals surface area contributed by atoms with Crippen LogP contribution in [0, 0.1) is 19.8 Å². The zero-order valence-electron chi connectivity index (χ0n) is 22.2. The van der Waals surface area contributed by atoms with Crippen molar-refractivity contribution in [3.63, 3.8) is 0 Å². The standard InChI is InChI=1S/C31H32N4O3/c1-5-35(31(37)22-17-38-18-22)28-14-21(26-15-33(4)29-23(26)9-11-32-30(29)36)13-27-24(28)10-12-34(27)16-25-19(2)7-6-8-20(25)3/h6-15,22H,5,16-18H2,1-4H3,(H,32,36). The van der Waals surface area contributed by atoms with Crippen molar-refractivity contribution in [2.45, 2.75) is 27.3 Å². The van der Waals surface area contributed by atoms with Crippen LogP contribution in [0.25, 0.3) is 32.9 Å². The summed E-state index contributed by atoms with van der Waals surface area (Å²) in [7, 11) is 1.89. The molecule has 0 spiro atoms. The van der Waals surface area contributed by atoms with Gasteiger partial charge in [0.1, 0.15) is 5.52 Å². The lowest BCUT2D eigenvalue weighted by atomic mass is 10.00. The molecule has 1 amide bonds. The number of amides is 1. The second-order valence-corrected chi connectivity index (χ2v) is 10.3. The molecule has 5 aromatic rings. The summed E-state index contributed by atoms with van der Waals surface area (Å²) in [5.74, 6) is -0.0180. The molecule has 194 valence electrons. The van der Waals surface area contributed by atoms with E-state index in [0.717, 1.165) is 39.6 Å². The molecule has 1 saturated heterocycles. The topological polar surface area (TPSA) is 72.3 Å². The molecule has 0 unspecified atom stereocenters. The first-order valence-electron chi connectivity index (χ1n) is 13.1. The Morgan fingerprint density at radius 1 is 1.11 bits per heavy atom. The minimum absolute atomic E-state index is 0.0917. The molecule has 1 fully saturated rings. The van der Waals surface area contributed by atoms with E-state index in [-0.39, 0.29) is 17.4 Å². The number of ether oxygens (including phenoxy) is 1. The van der Waals surface area contributed by atoms with E-state index in [0.29, 0.717) is 25.3 Å². The van der Waals surface area contributed by atoms with Gasteiger partial charge >= 0.3 is 0 Å². The molecule has 6 rings (SSSR count). The molecule has 0 saturated carbocycles. The van der Waals surface area contributed by atoms with Gasteiger partial charge in [-0.25, -0.2) is 0 Å². The lowest BCUT2D eigenvalue weighted by molar-refractivity contribution is -0.136. The largest absolute Gasteiger partial charge is 0.380 e. The van der Waals surface area contributed by atoms with Gasteiger partial charge in [0.05, 0.1) is 30.3 Å². The van der Waals surface area contributed by atoms with Gasteiger partial charge in [0, 0.05) is 55.1 Å². The zero-order valence-corrected chi connectivity index (χ0v) is 22.2. The molecule has 1 aliphatic rings. The molecule has 2 aromatic carbocycles. The van der Waals surface area contributed by atoms with Gasteiger partial charge in [-0.1, -0.05) is 18.2 Å². The maximum Gasteiger partial charge on any atom is 0.272 e. The maximum atomic E-state index is 13.5. The number of aromatic nitrogens is 3. The normalized spacial score (nSPS) is 13.8. The van der Waals surface area contributed by atoms with E-state index in [1.807, 2.05) is 35.7 Å². The number of fused-ring (bicyclic) bond motifs is 2. The SMILES string of the molecule is CCN(C(=O)C1COC1)c1cc(-c2cn(C)c3c(=O)[nH]ccc23)cc2c1ccn2Cc1c(C)cccc1C. The monoisotopic (exact) mass is 508 g/mol. The number of pyridine rings is 1. The fourth-order valence-electron chi connectivity index (χ4n) is 5.70. The Balaban J connectivity index is 1.58. The van der Waals surface area contributed by atoms with E-state index in [2.05, 4.69) is 66.0 Å². The average Bonchev–Trinajstić information content (AvgIpc) is 3.42. The number of benzene rings is 2. The lowest BCUT2D eigenvalue weighted by Gasteiger charge is -2.31. The summed E-state index contributed by atoms with van der Waals surface area (Å²) in [4.78, 5) is 30.8. The van der Waals surface area contributed by atoms with Gasteiger partial charge in [0.25, 0.3) is 5.56 Å². The summed E-state index contributed by atoms with van der Waals surface area (Å²) >= 11 is 0. The highest BCUT2D eigenvalue weighted by atomic mass is 16.5. The van der Waals surface area contributed by atoms with Gasteiger partial charge in [-0.3, -0.25) is 9.59 Å². The van der Waals surface area contributed by atoms with Crippen molar-refractivity contribution in [1.29, 1.82) is 0 Å². The fraction of sp³-hybridized carbons (Fsp3) is 0.290. The number of carbonyl (C=O) groups excluding carboxylic acids is 1. The van der Waals surface area contributed by atoms with Crippen molar-refractivity contribution in [3.05, 3.63) is 88.1 Å². The van der Waals surface area contributed by atoms with Crippen LogP contribution in [0.2, 0.25) is 0 Å². The highest BCUT2D eigenvalue weighted by molar-refractivity contribution is 6.07. The van der Waals surface area contributed by atoms with E-state index in [9.17, 15) is 9.59 Å². The molecule has 7 nitrogen and oxygen atoms in total. The molecule has 0 atom stereocenters. The lowest BCUT2D eigenvalue weighted by Crippen LogP contribution is -2.45. The van der Waals surface area contributed by atoms with Gasteiger partial charge in [-0.2, -0.15) is 0 Å². The summed E-state index contributed by atoms with van der Waals surface area (Å²) in [6.45, 7) is 8.55. The summed E-state index contributed by atoms with van der Waals surface area (Å²) in [6.07, 6.45) is 5.81. The van der Waals surface area contributed by atoms with E-state index < -0.39 is 0 Å². The minimum atomic E-state index is -0.119. The van der Waals surface area contributed by atoms with Crippen molar-refractivity contribution in [3.8, 4) is 11.1 Å². The predicted octanol–water partition coefficient (Wildman–Crippen LogP) is 5.15. The number of aromatic amines is 1. The molecule has 4 heterocycles. The van der Waals surface area contributed by atoms with Crippen LogP contribution in [0.1, 0.15) is 23.6 Å². The third-order valence-corrected chi connectivity index (χ3v) is 7.91. The average molecular weight is 509 g/mol. The minimum Gasteiger partial charge on any atom is -0.380 e. The van der Waals surface area contributed by atoms with Gasteiger partial charge in [-0.05, 0) is 67.3 Å². The summed E-state index contributed by atoms with van der Waals surface area (Å²) < 4.78 is 9.47. The number of anilines is 1. The highest BCUT2D eigenvalue weighted by Crippen LogP contribution is 2.38. The number of nitrogens with zero attached hydrogens (tertiary/aromatic N) is 3. The molecule has 7 heteroatoms. The number of nitrogens with one attached hydrogen (secondary N) is 1. The number of hydrogen-bond donors (Lipinski definition) is 1. The van der Waals surface area contributed by atoms with Crippen LogP contribution in [0.4, 0.5) is 5.69 Å². The molecular weight excluding hydrogens is 476 g/mol. The maximum absolute atomic E-state index is 13.5. The Labute approximate surface area is 221 Å². The van der Waals surface area contributed by atoms with E-state index in [1.54, 1.807) is 6.20 Å². The first kappa shape index (κ1) is 24.2. The molecule has 0 bridgehead atoms. The van der Waals surface area contributed by atoms with Crippen molar-refractivity contribution >= 4 is 33.4 Å². The molecule has 3 aromatic heterocycles. The summed E-state index contributed by atoms with van der Waals surface area (Å²) in [6, 6.07) is 14.7. The quantitative estimate of drug-likeness (QED) is 0.345. The van der Waals surface area contributed by atoms with Crippen LogP contribution >= 0.6 is 0 Å². The molecule has 0 radical (unpaired) electrons. The van der Waals surface area contributed by atoms with E-state index >= 15 is 0 Å².